The van der Waals surface area contributed by atoms with Crippen molar-refractivity contribution in [3.05, 3.63) is 77.4 Å². The molecule has 1 aromatic heterocycles. The highest BCUT2D eigenvalue weighted by atomic mass is 16.7. The van der Waals surface area contributed by atoms with Gasteiger partial charge in [-0.2, -0.15) is 0 Å². The third-order valence-corrected chi connectivity index (χ3v) is 7.16. The Labute approximate surface area is 209 Å². The maximum Gasteiger partial charge on any atom is 0.274 e. The zero-order valence-electron chi connectivity index (χ0n) is 19.9. The van der Waals surface area contributed by atoms with Crippen molar-refractivity contribution >= 4 is 11.8 Å². The molecule has 1 N–H and O–H groups in total. The summed E-state index contributed by atoms with van der Waals surface area (Å²) in [5, 5.41) is 3.02. The first-order chi connectivity index (χ1) is 17.7. The van der Waals surface area contributed by atoms with Gasteiger partial charge in [-0.1, -0.05) is 36.4 Å². The molecule has 0 radical (unpaired) electrons. The van der Waals surface area contributed by atoms with Gasteiger partial charge in [0.25, 0.3) is 5.91 Å². The monoisotopic (exact) mass is 488 g/mol. The number of carbonyl (C=O) groups excluding carboxylic acids is 2. The smallest absolute Gasteiger partial charge is 0.274 e. The van der Waals surface area contributed by atoms with E-state index in [1.54, 1.807) is 11.2 Å². The molecule has 1 atom stereocenters. The number of benzene rings is 2. The van der Waals surface area contributed by atoms with Crippen LogP contribution in [0.5, 0.6) is 11.5 Å². The Bertz CT molecular complexity index is 1270. The van der Waals surface area contributed by atoms with Crippen LogP contribution in [0.1, 0.15) is 46.3 Å². The molecule has 1 unspecified atom stereocenters. The van der Waals surface area contributed by atoms with E-state index >= 15 is 0 Å². The largest absolute Gasteiger partial charge is 0.454 e. The van der Waals surface area contributed by atoms with Crippen LogP contribution in [0.15, 0.2) is 54.9 Å². The standard InChI is InChI=1S/C27H28N4O5/c32-26(28-13-18-6-7-22-23(12-18)36-17-35-22)20-8-10-30(11-9-20)27(33)25-21-15-34-24(14-31(21)16-29-25)19-4-2-1-3-5-19/h1-7,12,16,20,24H,8-11,13-15,17H2,(H,28,32). The zero-order chi connectivity index (χ0) is 24.5. The first-order valence-corrected chi connectivity index (χ1v) is 12.3. The highest BCUT2D eigenvalue weighted by Gasteiger charge is 2.32. The molecule has 3 aromatic rings. The summed E-state index contributed by atoms with van der Waals surface area (Å²) in [4.78, 5) is 32.2. The summed E-state index contributed by atoms with van der Waals surface area (Å²) in [6.07, 6.45) is 2.93. The van der Waals surface area contributed by atoms with Gasteiger partial charge in [0.15, 0.2) is 17.2 Å². The Kier molecular flexibility index (Phi) is 6.06. The van der Waals surface area contributed by atoms with E-state index in [1.165, 1.54) is 0 Å². The molecule has 3 aliphatic heterocycles. The normalized spacial score (nSPS) is 19.1. The Morgan fingerprint density at radius 3 is 2.67 bits per heavy atom. The molecule has 2 aromatic carbocycles. The van der Waals surface area contributed by atoms with E-state index in [-0.39, 0.29) is 30.6 Å². The molecular formula is C27H28N4O5. The van der Waals surface area contributed by atoms with Crippen molar-refractivity contribution in [2.24, 2.45) is 5.92 Å². The lowest BCUT2D eigenvalue weighted by Gasteiger charge is -2.31. The predicted octanol–water partition coefficient (Wildman–Crippen LogP) is 3.05. The third kappa shape index (κ3) is 4.42. The van der Waals surface area contributed by atoms with Gasteiger partial charge >= 0.3 is 0 Å². The zero-order valence-corrected chi connectivity index (χ0v) is 19.9. The number of hydrogen-bond acceptors (Lipinski definition) is 6. The minimum absolute atomic E-state index is 0.0134. The molecule has 9 nitrogen and oxygen atoms in total. The average Bonchev–Trinajstić information content (AvgIpc) is 3.58. The van der Waals surface area contributed by atoms with E-state index in [0.717, 1.165) is 22.6 Å². The molecule has 1 saturated heterocycles. The Morgan fingerprint density at radius 1 is 1.03 bits per heavy atom. The van der Waals surface area contributed by atoms with E-state index < -0.39 is 0 Å². The Hall–Kier alpha value is -3.85. The minimum Gasteiger partial charge on any atom is -0.454 e. The number of hydrogen-bond donors (Lipinski definition) is 1. The lowest BCUT2D eigenvalue weighted by Crippen LogP contribution is -2.43. The quantitative estimate of drug-likeness (QED) is 0.593. The van der Waals surface area contributed by atoms with Gasteiger partial charge in [-0.15, -0.1) is 0 Å². The van der Waals surface area contributed by atoms with Gasteiger partial charge < -0.3 is 29.0 Å². The molecule has 0 saturated carbocycles. The van der Waals surface area contributed by atoms with E-state index in [4.69, 9.17) is 14.2 Å². The number of rotatable bonds is 5. The summed E-state index contributed by atoms with van der Waals surface area (Å²) < 4.78 is 18.8. The van der Waals surface area contributed by atoms with Gasteiger partial charge in [-0.05, 0) is 36.1 Å². The molecule has 36 heavy (non-hydrogen) atoms. The summed E-state index contributed by atoms with van der Waals surface area (Å²) in [6, 6.07) is 15.7. The molecule has 3 aliphatic rings. The lowest BCUT2D eigenvalue weighted by atomic mass is 9.95. The summed E-state index contributed by atoms with van der Waals surface area (Å²) in [5.41, 5.74) is 3.34. The highest BCUT2D eigenvalue weighted by molar-refractivity contribution is 5.93. The summed E-state index contributed by atoms with van der Waals surface area (Å²) in [7, 11) is 0. The molecule has 186 valence electrons. The van der Waals surface area contributed by atoms with E-state index in [0.29, 0.717) is 57.1 Å². The van der Waals surface area contributed by atoms with Gasteiger partial charge in [-0.3, -0.25) is 9.59 Å². The first kappa shape index (κ1) is 22.6. The number of aromatic nitrogens is 2. The molecule has 4 heterocycles. The topological polar surface area (TPSA) is 94.9 Å². The Morgan fingerprint density at radius 2 is 1.83 bits per heavy atom. The van der Waals surface area contributed by atoms with Crippen LogP contribution in [0.25, 0.3) is 0 Å². The average molecular weight is 489 g/mol. The van der Waals surface area contributed by atoms with Crippen molar-refractivity contribution < 1.29 is 23.8 Å². The molecule has 0 spiro atoms. The van der Waals surface area contributed by atoms with Crippen LogP contribution in [0.2, 0.25) is 0 Å². The Balaban J connectivity index is 1.02. The fourth-order valence-electron chi connectivity index (χ4n) is 5.05. The number of fused-ring (bicyclic) bond motifs is 2. The molecule has 1 fully saturated rings. The van der Waals surface area contributed by atoms with E-state index in [1.807, 2.05) is 53.1 Å². The molecular weight excluding hydrogens is 460 g/mol. The number of amides is 2. The van der Waals surface area contributed by atoms with Crippen LogP contribution in [-0.4, -0.2) is 46.1 Å². The molecule has 0 bridgehead atoms. The number of piperidine rings is 1. The van der Waals surface area contributed by atoms with Crippen molar-refractivity contribution in [3.63, 3.8) is 0 Å². The number of nitrogens with zero attached hydrogens (tertiary/aromatic N) is 3. The van der Waals surface area contributed by atoms with Crippen molar-refractivity contribution in [2.75, 3.05) is 19.9 Å². The third-order valence-electron chi connectivity index (χ3n) is 7.16. The second-order valence-electron chi connectivity index (χ2n) is 9.37. The fraction of sp³-hybridized carbons (Fsp3) is 0.370. The summed E-state index contributed by atoms with van der Waals surface area (Å²) in [5.74, 6) is 1.23. The molecule has 0 aliphatic carbocycles. The molecule has 6 rings (SSSR count). The van der Waals surface area contributed by atoms with Crippen LogP contribution >= 0.6 is 0 Å². The lowest BCUT2D eigenvalue weighted by molar-refractivity contribution is -0.126. The second-order valence-corrected chi connectivity index (χ2v) is 9.37. The van der Waals surface area contributed by atoms with Crippen LogP contribution in [0, 0.1) is 5.92 Å². The number of nitrogens with one attached hydrogen (secondary N) is 1. The number of imidazole rings is 1. The van der Waals surface area contributed by atoms with Crippen LogP contribution in [0.3, 0.4) is 0 Å². The van der Waals surface area contributed by atoms with Crippen molar-refractivity contribution in [1.29, 1.82) is 0 Å². The van der Waals surface area contributed by atoms with Gasteiger partial charge in [0, 0.05) is 25.6 Å². The first-order valence-electron chi connectivity index (χ1n) is 12.3. The van der Waals surface area contributed by atoms with Gasteiger partial charge in [0.2, 0.25) is 12.7 Å². The SMILES string of the molecule is O=C(NCc1ccc2c(c1)OCO2)C1CCN(C(=O)c2ncn3c2COC(c2ccccc2)C3)CC1. The second kappa shape index (κ2) is 9.66. The molecule has 9 heteroatoms. The van der Waals surface area contributed by atoms with Crippen LogP contribution < -0.4 is 14.8 Å². The minimum atomic E-state index is -0.117. The maximum absolute atomic E-state index is 13.2. The fourth-order valence-corrected chi connectivity index (χ4v) is 5.05. The van der Waals surface area contributed by atoms with E-state index in [2.05, 4.69) is 10.3 Å². The van der Waals surface area contributed by atoms with Gasteiger partial charge in [-0.25, -0.2) is 4.98 Å². The highest BCUT2D eigenvalue weighted by Crippen LogP contribution is 2.32. The predicted molar refractivity (Wildman–Crippen MR) is 129 cm³/mol. The number of likely N-dealkylation sites (tertiary alicyclic amines) is 1. The summed E-state index contributed by atoms with van der Waals surface area (Å²) in [6.45, 7) is 2.69. The number of ether oxygens (including phenoxy) is 3. The molecule has 2 amide bonds. The van der Waals surface area contributed by atoms with Crippen LogP contribution in [-0.2, 0) is 29.2 Å². The van der Waals surface area contributed by atoms with Crippen molar-refractivity contribution in [2.45, 2.75) is 38.6 Å². The van der Waals surface area contributed by atoms with Gasteiger partial charge in [0.1, 0.15) is 6.10 Å². The van der Waals surface area contributed by atoms with Crippen LogP contribution in [0.4, 0.5) is 0 Å². The van der Waals surface area contributed by atoms with Gasteiger partial charge in [0.05, 0.1) is 25.2 Å². The maximum atomic E-state index is 13.2. The van der Waals surface area contributed by atoms with Crippen molar-refractivity contribution in [3.8, 4) is 11.5 Å². The summed E-state index contributed by atoms with van der Waals surface area (Å²) >= 11 is 0. The number of carbonyl (C=O) groups is 2. The van der Waals surface area contributed by atoms with Crippen molar-refractivity contribution in [1.82, 2.24) is 19.8 Å². The van der Waals surface area contributed by atoms with E-state index in [9.17, 15) is 9.59 Å².